The molecule has 1 aliphatic heterocycles. The molecule has 1 aromatic carbocycles. The minimum atomic E-state index is -0.129. The molecule has 3 rings (SSSR count). The molecule has 0 amide bonds. The van der Waals surface area contributed by atoms with Crippen LogP contribution in [0.25, 0.3) is 17.2 Å². The quantitative estimate of drug-likeness (QED) is 0.483. The van der Waals surface area contributed by atoms with Crippen LogP contribution in [-0.2, 0) is 9.69 Å². The van der Waals surface area contributed by atoms with Gasteiger partial charge in [0.15, 0.2) is 0 Å². The second-order valence-electron chi connectivity index (χ2n) is 3.28. The van der Waals surface area contributed by atoms with Gasteiger partial charge in [-0.15, -0.1) is 0 Å². The predicted octanol–water partition coefficient (Wildman–Crippen LogP) is 0.0980. The van der Waals surface area contributed by atoms with E-state index in [-0.39, 0.29) is 5.56 Å². The fourth-order valence-electron chi connectivity index (χ4n) is 1.65. The molecule has 0 bridgehead atoms. The molecule has 1 aromatic heterocycles. The van der Waals surface area contributed by atoms with Crippen molar-refractivity contribution in [2.24, 2.45) is 0 Å². The van der Waals surface area contributed by atoms with Crippen molar-refractivity contribution in [1.29, 1.82) is 0 Å². The molecule has 0 atom stereocenters. The van der Waals surface area contributed by atoms with Gasteiger partial charge in [-0.3, -0.25) is 0 Å². The van der Waals surface area contributed by atoms with Gasteiger partial charge in [0, 0.05) is 0 Å². The van der Waals surface area contributed by atoms with Gasteiger partial charge in [0.1, 0.15) is 0 Å². The average molecular weight is 199 g/mol. The molecule has 72 valence electrons. The first-order valence-corrected chi connectivity index (χ1v) is 4.49. The minimum absolute atomic E-state index is 0.129. The van der Waals surface area contributed by atoms with Crippen molar-refractivity contribution < 1.29 is 9.69 Å². The molecule has 2 heterocycles. The first kappa shape index (κ1) is 8.29. The summed E-state index contributed by atoms with van der Waals surface area (Å²) in [7, 11) is 1.50. The number of H-pyrrole nitrogens is 1. The first-order valence-electron chi connectivity index (χ1n) is 4.49. The summed E-state index contributed by atoms with van der Waals surface area (Å²) in [6.45, 7) is 0. The number of rotatable bonds is 0. The topological polar surface area (TPSA) is 51.3 Å². The normalized spacial score (nSPS) is 12.5. The van der Waals surface area contributed by atoms with Crippen molar-refractivity contribution in [3.63, 3.8) is 0 Å². The van der Waals surface area contributed by atoms with Crippen LogP contribution in [0.1, 0.15) is 0 Å². The summed E-state index contributed by atoms with van der Waals surface area (Å²) in [6, 6.07) is 7.11. The van der Waals surface area contributed by atoms with E-state index in [9.17, 15) is 4.79 Å². The molecule has 0 radical (unpaired) electrons. The average Bonchev–Trinajstić information content (AvgIpc) is 2.29. The van der Waals surface area contributed by atoms with Gasteiger partial charge >= 0.3 is 83.9 Å². The Morgan fingerprint density at radius 2 is 2.07 bits per heavy atom. The Morgan fingerprint density at radius 1 is 1.20 bits per heavy atom. The number of hydrogen-bond acceptors (Lipinski definition) is 3. The molecule has 1 N–H and O–H groups in total. The number of aromatic nitrogens is 1. The number of aromatic amines is 1. The second-order valence-corrected chi connectivity index (χ2v) is 3.28. The van der Waals surface area contributed by atoms with E-state index in [2.05, 4.69) is 4.98 Å². The van der Waals surface area contributed by atoms with Crippen molar-refractivity contribution in [2.45, 2.75) is 0 Å². The van der Waals surface area contributed by atoms with E-state index >= 15 is 0 Å². The van der Waals surface area contributed by atoms with E-state index in [4.69, 9.17) is 9.69 Å². The third kappa shape index (κ3) is 1.24. The van der Waals surface area contributed by atoms with Crippen LogP contribution in [0.2, 0.25) is 0 Å². The Morgan fingerprint density at radius 3 is 3.00 bits per heavy atom. The zero-order valence-corrected chi connectivity index (χ0v) is 7.69. The first-order chi connectivity index (χ1) is 7.34. The Hall–Kier alpha value is -2.04. The molecule has 2 aromatic rings. The standard InChI is InChI=1S/C10H6BNO3/c13-9-4-2-6-1-3-8-7(10(6)12-9)5-14-15-11-8/h1-5H,(H,12,13). The van der Waals surface area contributed by atoms with E-state index in [0.29, 0.717) is 0 Å². The zero-order valence-electron chi connectivity index (χ0n) is 7.69. The SMILES string of the molecule is O=c1ccc2ccc3c(c2[nH]1)=COOB=3. The fraction of sp³-hybridized carbons (Fsp3) is 0. The van der Waals surface area contributed by atoms with Crippen LogP contribution in [0.15, 0.2) is 29.1 Å². The fourth-order valence-corrected chi connectivity index (χ4v) is 1.65. The maximum atomic E-state index is 11.2. The molecular formula is C10H6BNO3. The van der Waals surface area contributed by atoms with Crippen LogP contribution in [0.5, 0.6) is 0 Å². The molecule has 15 heavy (non-hydrogen) atoms. The number of pyridine rings is 1. The monoisotopic (exact) mass is 199 g/mol. The summed E-state index contributed by atoms with van der Waals surface area (Å²) in [6.07, 6.45) is 1.48. The number of fused-ring (bicyclic) bond motifs is 3. The number of nitrogens with one attached hydrogen (secondary N) is 1. The summed E-state index contributed by atoms with van der Waals surface area (Å²) in [5.74, 6) is 0. The van der Waals surface area contributed by atoms with Crippen LogP contribution < -0.4 is 10.8 Å². The third-order valence-corrected chi connectivity index (χ3v) is 2.37. The molecule has 4 nitrogen and oxygen atoms in total. The molecule has 0 saturated heterocycles. The Labute approximate surface area is 84.6 Å². The van der Waals surface area contributed by atoms with Crippen LogP contribution in [0.3, 0.4) is 0 Å². The van der Waals surface area contributed by atoms with Crippen LogP contribution in [0, 0.1) is 5.11 Å². The van der Waals surface area contributed by atoms with Crippen molar-refractivity contribution in [3.05, 3.63) is 44.9 Å². The van der Waals surface area contributed by atoms with Gasteiger partial charge in [-0.1, -0.05) is 0 Å². The summed E-state index contributed by atoms with van der Waals surface area (Å²) in [4.78, 5) is 23.4. The molecule has 5 heteroatoms. The van der Waals surface area contributed by atoms with Crippen molar-refractivity contribution in [2.75, 3.05) is 0 Å². The molecule has 0 fully saturated rings. The molecule has 1 aliphatic rings. The molecule has 0 aliphatic carbocycles. The van der Waals surface area contributed by atoms with Crippen LogP contribution >= 0.6 is 0 Å². The van der Waals surface area contributed by atoms with Gasteiger partial charge in [0.05, 0.1) is 0 Å². The summed E-state index contributed by atoms with van der Waals surface area (Å²) >= 11 is 0. The van der Waals surface area contributed by atoms with E-state index in [0.717, 1.165) is 21.2 Å². The van der Waals surface area contributed by atoms with E-state index < -0.39 is 0 Å². The summed E-state index contributed by atoms with van der Waals surface area (Å²) in [5.41, 5.74) is 0.635. The van der Waals surface area contributed by atoms with E-state index in [1.165, 1.54) is 19.5 Å². The van der Waals surface area contributed by atoms with Gasteiger partial charge in [0.25, 0.3) is 0 Å². The van der Waals surface area contributed by atoms with Crippen LogP contribution in [-0.4, -0.2) is 12.1 Å². The molecule has 0 spiro atoms. The molecule has 0 saturated carbocycles. The Bertz CT molecular complexity index is 705. The van der Waals surface area contributed by atoms with E-state index in [1.54, 1.807) is 6.07 Å². The Balaban J connectivity index is 2.62. The van der Waals surface area contributed by atoms with Gasteiger partial charge in [-0.05, 0) is 0 Å². The van der Waals surface area contributed by atoms with Crippen molar-refractivity contribution >= 4 is 24.3 Å². The van der Waals surface area contributed by atoms with Crippen LogP contribution in [0.4, 0.5) is 0 Å². The molecule has 0 unspecified atom stereocenters. The zero-order chi connectivity index (χ0) is 10.3. The van der Waals surface area contributed by atoms with Gasteiger partial charge in [-0.25, -0.2) is 0 Å². The van der Waals surface area contributed by atoms with Gasteiger partial charge < -0.3 is 0 Å². The maximum absolute atomic E-state index is 11.2. The van der Waals surface area contributed by atoms with Crippen molar-refractivity contribution in [3.8, 4) is 0 Å². The predicted molar refractivity (Wildman–Crippen MR) is 55.4 cm³/mol. The molecular weight excluding hydrogens is 193 g/mol. The second kappa shape index (κ2) is 2.98. The van der Waals surface area contributed by atoms with Gasteiger partial charge in [0.2, 0.25) is 0 Å². The van der Waals surface area contributed by atoms with Gasteiger partial charge in [-0.2, -0.15) is 0 Å². The van der Waals surface area contributed by atoms with E-state index in [1.807, 2.05) is 12.1 Å². The number of benzene rings is 1. The third-order valence-electron chi connectivity index (χ3n) is 2.37. The summed E-state index contributed by atoms with van der Waals surface area (Å²) in [5, 5.41) is 2.68. The number of hydrogen-bond donors (Lipinski definition) is 1. The Kier molecular flexibility index (Phi) is 1.65. The summed E-state index contributed by atoms with van der Waals surface area (Å²) < 4.78 is 0. The van der Waals surface area contributed by atoms with Crippen molar-refractivity contribution in [1.82, 2.24) is 4.98 Å².